The van der Waals surface area contributed by atoms with Crippen LogP contribution in [-0.2, 0) is 4.79 Å². The molecule has 3 atom stereocenters. The fraction of sp³-hybridized carbons (Fsp3) is 0.259. The van der Waals surface area contributed by atoms with Crippen molar-refractivity contribution < 1.29 is 9.53 Å². The highest BCUT2D eigenvalue weighted by atomic mass is 32.1. The first-order valence-corrected chi connectivity index (χ1v) is 11.5. The van der Waals surface area contributed by atoms with E-state index in [2.05, 4.69) is 16.7 Å². The molecule has 2 aliphatic heterocycles. The zero-order valence-corrected chi connectivity index (χ0v) is 20.0. The van der Waals surface area contributed by atoms with Crippen molar-refractivity contribution >= 4 is 34.6 Å². The van der Waals surface area contributed by atoms with Gasteiger partial charge in [0.2, 0.25) is 5.91 Å². The van der Waals surface area contributed by atoms with Crippen LogP contribution in [0.15, 0.2) is 66.7 Å². The molecule has 2 bridgehead atoms. The lowest BCUT2D eigenvalue weighted by Gasteiger charge is -2.56. The van der Waals surface area contributed by atoms with E-state index in [0.29, 0.717) is 5.11 Å². The lowest BCUT2D eigenvalue weighted by molar-refractivity contribution is -0.130. The van der Waals surface area contributed by atoms with Crippen LogP contribution in [0.1, 0.15) is 35.2 Å². The van der Waals surface area contributed by atoms with Crippen LogP contribution in [-0.4, -0.2) is 16.7 Å². The Kier molecular flexibility index (Phi) is 5.13. The van der Waals surface area contributed by atoms with E-state index in [-0.39, 0.29) is 11.9 Å². The van der Waals surface area contributed by atoms with Gasteiger partial charge in [0.05, 0.1) is 6.04 Å². The lowest BCUT2D eigenvalue weighted by atomic mass is 9.78. The van der Waals surface area contributed by atoms with Crippen LogP contribution < -0.4 is 20.3 Å². The molecule has 5 rings (SSSR count). The van der Waals surface area contributed by atoms with Crippen molar-refractivity contribution in [2.45, 2.75) is 39.5 Å². The van der Waals surface area contributed by atoms with E-state index in [1.54, 1.807) is 0 Å². The van der Waals surface area contributed by atoms with Gasteiger partial charge in [-0.05, 0) is 69.2 Å². The number of ether oxygens (including phenoxy) is 1. The molecule has 2 N–H and O–H groups in total. The minimum absolute atomic E-state index is 0.113. The van der Waals surface area contributed by atoms with Crippen LogP contribution in [0.25, 0.3) is 0 Å². The molecule has 1 fully saturated rings. The third kappa shape index (κ3) is 3.45. The predicted octanol–water partition coefficient (Wildman–Crippen LogP) is 5.41. The number of benzene rings is 3. The van der Waals surface area contributed by atoms with Gasteiger partial charge in [0, 0.05) is 16.9 Å². The summed E-state index contributed by atoms with van der Waals surface area (Å²) in [5.74, 6) is 0.0890. The van der Waals surface area contributed by atoms with Crippen molar-refractivity contribution in [3.63, 3.8) is 0 Å². The van der Waals surface area contributed by atoms with E-state index < -0.39 is 11.6 Å². The molecule has 2 heterocycles. The number of fused-ring (bicyclic) bond motifs is 4. The van der Waals surface area contributed by atoms with Crippen LogP contribution in [0.5, 0.6) is 5.75 Å². The summed E-state index contributed by atoms with van der Waals surface area (Å²) in [5.41, 5.74) is 4.86. The summed E-state index contributed by atoms with van der Waals surface area (Å²) >= 11 is 5.83. The molecule has 0 aliphatic carbocycles. The molecule has 0 unspecified atom stereocenters. The molecular weight excluding hydrogens is 430 g/mol. The Labute approximate surface area is 199 Å². The van der Waals surface area contributed by atoms with Crippen LogP contribution >= 0.6 is 12.2 Å². The van der Waals surface area contributed by atoms with Gasteiger partial charge in [0.15, 0.2) is 10.8 Å². The zero-order chi connectivity index (χ0) is 23.3. The van der Waals surface area contributed by atoms with Crippen LogP contribution in [0.4, 0.5) is 11.4 Å². The second-order valence-corrected chi connectivity index (χ2v) is 9.42. The summed E-state index contributed by atoms with van der Waals surface area (Å²) < 4.78 is 6.64. The molecule has 0 radical (unpaired) electrons. The zero-order valence-electron chi connectivity index (χ0n) is 19.2. The van der Waals surface area contributed by atoms with Gasteiger partial charge in [0.1, 0.15) is 11.7 Å². The smallest absolute Gasteiger partial charge is 0.236 e. The molecule has 0 saturated carbocycles. The van der Waals surface area contributed by atoms with Crippen molar-refractivity contribution in [3.8, 4) is 5.75 Å². The number of hydrogen-bond donors (Lipinski definition) is 2. The summed E-state index contributed by atoms with van der Waals surface area (Å²) in [6.45, 7) is 8.04. The normalized spacial score (nSPS) is 23.3. The first kappa shape index (κ1) is 21.5. The Morgan fingerprint density at radius 3 is 2.52 bits per heavy atom. The molecule has 5 nitrogen and oxygen atoms in total. The lowest BCUT2D eigenvalue weighted by Crippen LogP contribution is -2.72. The number of thiocarbonyl (C=S) groups is 1. The van der Waals surface area contributed by atoms with Gasteiger partial charge < -0.3 is 15.4 Å². The van der Waals surface area contributed by atoms with Gasteiger partial charge in [-0.1, -0.05) is 54.1 Å². The number of anilines is 2. The quantitative estimate of drug-likeness (QED) is 0.515. The summed E-state index contributed by atoms with van der Waals surface area (Å²) in [4.78, 5) is 15.9. The van der Waals surface area contributed by atoms with Gasteiger partial charge >= 0.3 is 0 Å². The molecule has 0 spiro atoms. The molecule has 3 aromatic rings. The van der Waals surface area contributed by atoms with Gasteiger partial charge in [0.25, 0.3) is 0 Å². The number of rotatable bonds is 3. The third-order valence-electron chi connectivity index (χ3n) is 6.69. The second-order valence-electron chi connectivity index (χ2n) is 9.03. The predicted molar refractivity (Wildman–Crippen MR) is 136 cm³/mol. The summed E-state index contributed by atoms with van der Waals surface area (Å²) in [6.07, 6.45) is 0. The highest BCUT2D eigenvalue weighted by molar-refractivity contribution is 7.80. The molecule has 168 valence electrons. The maximum Gasteiger partial charge on any atom is 0.236 e. The van der Waals surface area contributed by atoms with Gasteiger partial charge in [-0.2, -0.15) is 0 Å². The van der Waals surface area contributed by atoms with Crippen LogP contribution in [0, 0.1) is 26.7 Å². The highest BCUT2D eigenvalue weighted by Crippen LogP contribution is 2.50. The van der Waals surface area contributed by atoms with Gasteiger partial charge in [-0.25, -0.2) is 0 Å². The van der Waals surface area contributed by atoms with Crippen molar-refractivity contribution in [2.24, 2.45) is 5.92 Å². The van der Waals surface area contributed by atoms with Crippen LogP contribution in [0.2, 0.25) is 0 Å². The monoisotopic (exact) mass is 457 g/mol. The SMILES string of the molecule is Cc1ccc(NC(=O)[C@H]2[C@@H]3NC(=S)N(c4ccccc4C)[C@@]2(C)Oc2ccccc23)c(C)c1. The average molecular weight is 458 g/mol. The molecule has 33 heavy (non-hydrogen) atoms. The van der Waals surface area contributed by atoms with Gasteiger partial charge in [-0.15, -0.1) is 0 Å². The van der Waals surface area contributed by atoms with Crippen LogP contribution in [0.3, 0.4) is 0 Å². The van der Waals surface area contributed by atoms with E-state index >= 15 is 0 Å². The van der Waals surface area contributed by atoms with E-state index in [9.17, 15) is 4.79 Å². The van der Waals surface area contributed by atoms with Crippen molar-refractivity contribution in [3.05, 3.63) is 89.0 Å². The van der Waals surface area contributed by atoms with Crippen molar-refractivity contribution in [1.82, 2.24) is 5.32 Å². The Balaban J connectivity index is 1.63. The fourth-order valence-corrected chi connectivity index (χ4v) is 5.48. The van der Waals surface area contributed by atoms with E-state index in [0.717, 1.165) is 39.4 Å². The first-order chi connectivity index (χ1) is 15.8. The number of para-hydroxylation sites is 2. The summed E-state index contributed by atoms with van der Waals surface area (Å²) in [7, 11) is 0. The number of carbonyl (C=O) groups excluding carboxylic acids is 1. The molecule has 2 aliphatic rings. The number of amides is 1. The second kappa shape index (κ2) is 7.89. The molecule has 1 amide bonds. The third-order valence-corrected chi connectivity index (χ3v) is 6.99. The van der Waals surface area contributed by atoms with Crippen molar-refractivity contribution in [1.29, 1.82) is 0 Å². The minimum Gasteiger partial charge on any atom is -0.467 e. The maximum atomic E-state index is 13.9. The first-order valence-electron chi connectivity index (χ1n) is 11.1. The standard InChI is InChI=1S/C27H27N3O2S/c1-16-13-14-20(18(3)15-16)28-25(31)23-24-19-10-6-8-12-22(19)32-27(23,4)30(26(33)29-24)21-11-7-5-9-17(21)2/h5-15,23-24H,1-4H3,(H,28,31)(H,29,33)/t23-,24-,27+/m1/s1. The highest BCUT2D eigenvalue weighted by Gasteiger charge is 2.59. The Morgan fingerprint density at radius 1 is 1.03 bits per heavy atom. The number of nitrogens with zero attached hydrogens (tertiary/aromatic N) is 1. The average Bonchev–Trinajstić information content (AvgIpc) is 2.76. The fourth-order valence-electron chi connectivity index (χ4n) is 5.07. The molecule has 0 aromatic heterocycles. The molecule has 6 heteroatoms. The summed E-state index contributed by atoms with van der Waals surface area (Å²) in [5, 5.41) is 7.17. The number of nitrogens with one attached hydrogen (secondary N) is 2. The van der Waals surface area contributed by atoms with E-state index in [1.165, 1.54) is 0 Å². The van der Waals surface area contributed by atoms with E-state index in [1.807, 2.05) is 93.3 Å². The minimum atomic E-state index is -1.02. The molecule has 3 aromatic carbocycles. The Morgan fingerprint density at radius 2 is 1.76 bits per heavy atom. The molecular formula is C27H27N3O2S. The van der Waals surface area contributed by atoms with Gasteiger partial charge in [-0.3, -0.25) is 9.69 Å². The number of hydrogen-bond acceptors (Lipinski definition) is 3. The topological polar surface area (TPSA) is 53.6 Å². The Hall–Kier alpha value is -3.38. The maximum absolute atomic E-state index is 13.9. The van der Waals surface area contributed by atoms with E-state index in [4.69, 9.17) is 17.0 Å². The largest absolute Gasteiger partial charge is 0.467 e. The number of aryl methyl sites for hydroxylation is 3. The number of carbonyl (C=O) groups is 1. The molecule has 1 saturated heterocycles. The van der Waals surface area contributed by atoms with Crippen molar-refractivity contribution in [2.75, 3.05) is 10.2 Å². The Bertz CT molecular complexity index is 1270. The summed E-state index contributed by atoms with van der Waals surface area (Å²) in [6, 6.07) is 21.6.